The van der Waals surface area contributed by atoms with Gasteiger partial charge in [0.1, 0.15) is 11.2 Å². The summed E-state index contributed by atoms with van der Waals surface area (Å²) >= 11 is 0. The van der Waals surface area contributed by atoms with E-state index in [-0.39, 0.29) is 16.7 Å². The van der Waals surface area contributed by atoms with Crippen LogP contribution in [0.3, 0.4) is 0 Å². The molecule has 2 aromatic carbocycles. The number of furan rings is 1. The van der Waals surface area contributed by atoms with Crippen molar-refractivity contribution in [1.29, 1.82) is 0 Å². The predicted molar refractivity (Wildman–Crippen MR) is 109 cm³/mol. The van der Waals surface area contributed by atoms with E-state index in [4.69, 9.17) is 23.4 Å². The van der Waals surface area contributed by atoms with Crippen LogP contribution >= 0.6 is 15.2 Å². The van der Waals surface area contributed by atoms with Crippen molar-refractivity contribution in [3.05, 3.63) is 47.5 Å². The molecule has 3 aromatic rings. The summed E-state index contributed by atoms with van der Waals surface area (Å²) in [6.45, 7) is 0. The van der Waals surface area contributed by atoms with Gasteiger partial charge in [-0.25, -0.2) is 0 Å². The lowest BCUT2D eigenvalue weighted by Crippen LogP contribution is -2.30. The van der Waals surface area contributed by atoms with E-state index in [1.54, 1.807) is 0 Å². The maximum absolute atomic E-state index is 12.1. The fourth-order valence-corrected chi connectivity index (χ4v) is 5.52. The molecule has 3 rings (SSSR count). The third-order valence-corrected chi connectivity index (χ3v) is 7.86. The van der Waals surface area contributed by atoms with Crippen LogP contribution in [0.5, 0.6) is 0 Å². The van der Waals surface area contributed by atoms with Gasteiger partial charge in [-0.2, -0.15) is 0 Å². The largest absolute Gasteiger partial charge is 0.456 e. The van der Waals surface area contributed by atoms with E-state index in [1.165, 1.54) is 36.4 Å². The number of fused-ring (bicyclic) bond motifs is 3. The maximum atomic E-state index is 12.1. The van der Waals surface area contributed by atoms with Crippen molar-refractivity contribution < 1.29 is 52.1 Å². The van der Waals surface area contributed by atoms with E-state index in [9.17, 15) is 28.7 Å². The smallest absolute Gasteiger partial charge is 0.389 e. The first-order chi connectivity index (χ1) is 14.4. The van der Waals surface area contributed by atoms with Crippen molar-refractivity contribution in [1.82, 2.24) is 0 Å². The molecular weight excluding hydrogens is 454 g/mol. The molecule has 4 N–H and O–H groups in total. The van der Waals surface area contributed by atoms with Gasteiger partial charge in [0.25, 0.3) is 11.1 Å². The Hall–Kier alpha value is -1.62. The van der Waals surface area contributed by atoms with Crippen LogP contribution in [0.4, 0.5) is 0 Å². The SMILES string of the molecule is COC(OC)(c1ccc2c(c1)oc1ccc(C(OC)(OC)P(=O)(O)O)cc12)P(=O)(O)O. The quantitative estimate of drug-likeness (QED) is 0.279. The van der Waals surface area contributed by atoms with E-state index in [0.29, 0.717) is 16.4 Å². The number of benzene rings is 2. The lowest BCUT2D eigenvalue weighted by Gasteiger charge is -2.31. The molecular formula is C18H22O11P2. The van der Waals surface area contributed by atoms with Crippen LogP contribution in [0.15, 0.2) is 40.8 Å². The number of rotatable bonds is 8. The van der Waals surface area contributed by atoms with E-state index in [1.807, 2.05) is 0 Å². The van der Waals surface area contributed by atoms with Crippen LogP contribution in [-0.4, -0.2) is 48.0 Å². The van der Waals surface area contributed by atoms with E-state index in [2.05, 4.69) is 0 Å². The molecule has 1 heterocycles. The molecule has 170 valence electrons. The molecule has 0 radical (unpaired) electrons. The predicted octanol–water partition coefficient (Wildman–Crippen LogP) is 2.75. The molecule has 1 aromatic heterocycles. The van der Waals surface area contributed by atoms with Crippen molar-refractivity contribution in [3.8, 4) is 0 Å². The van der Waals surface area contributed by atoms with Gasteiger partial charge in [0.15, 0.2) is 0 Å². The Morgan fingerprint density at radius 3 is 1.58 bits per heavy atom. The first-order valence-electron chi connectivity index (χ1n) is 8.70. The first kappa shape index (κ1) is 24.0. The van der Waals surface area contributed by atoms with Crippen molar-refractivity contribution >= 4 is 37.1 Å². The van der Waals surface area contributed by atoms with Gasteiger partial charge < -0.3 is 42.9 Å². The fourth-order valence-electron chi connectivity index (χ4n) is 3.62. The van der Waals surface area contributed by atoms with Crippen LogP contribution in [0.25, 0.3) is 21.9 Å². The molecule has 0 saturated heterocycles. The summed E-state index contributed by atoms with van der Waals surface area (Å²) in [5, 5.41) is 0.988. The standard InChI is InChI=1S/C18H22O11P2/c1-25-17(26-2,30(19,20)21)11-6-8-15-14(9-11)13-7-5-12(10-16(13)29-15)18(27-3,28-4)31(22,23)24/h5-10H,1-4H3,(H2,19,20,21)(H2,22,23,24). The Balaban J connectivity index is 2.26. The molecule has 31 heavy (non-hydrogen) atoms. The van der Waals surface area contributed by atoms with Crippen molar-refractivity contribution in [2.75, 3.05) is 28.4 Å². The normalized spacial score (nSPS) is 13.9. The highest BCUT2D eigenvalue weighted by Gasteiger charge is 2.51. The van der Waals surface area contributed by atoms with Gasteiger partial charge in [0.2, 0.25) is 0 Å². The van der Waals surface area contributed by atoms with Gasteiger partial charge in [-0.3, -0.25) is 9.13 Å². The molecule has 0 fully saturated rings. The molecule has 0 atom stereocenters. The summed E-state index contributed by atoms with van der Waals surface area (Å²) in [5.41, 5.74) is -3.95. The van der Waals surface area contributed by atoms with Gasteiger partial charge >= 0.3 is 15.2 Å². The molecule has 0 bridgehead atoms. The van der Waals surface area contributed by atoms with Crippen molar-refractivity contribution in [3.63, 3.8) is 0 Å². The average Bonchev–Trinajstić information content (AvgIpc) is 3.06. The molecule has 13 heteroatoms. The van der Waals surface area contributed by atoms with E-state index < -0.39 is 26.2 Å². The van der Waals surface area contributed by atoms with Crippen LogP contribution in [-0.2, 0) is 39.1 Å². The lowest BCUT2D eigenvalue weighted by atomic mass is 10.1. The summed E-state index contributed by atoms with van der Waals surface area (Å²) in [6.07, 6.45) is 0. The van der Waals surface area contributed by atoms with Crippen molar-refractivity contribution in [2.45, 2.75) is 11.1 Å². The van der Waals surface area contributed by atoms with Crippen LogP contribution in [0.1, 0.15) is 11.1 Å². The highest BCUT2D eigenvalue weighted by Crippen LogP contribution is 2.59. The van der Waals surface area contributed by atoms with Crippen LogP contribution in [0.2, 0.25) is 0 Å². The summed E-state index contributed by atoms with van der Waals surface area (Å²) in [6, 6.07) is 8.62. The van der Waals surface area contributed by atoms with E-state index >= 15 is 0 Å². The minimum Gasteiger partial charge on any atom is -0.456 e. The molecule has 0 aliphatic carbocycles. The molecule has 0 amide bonds. The monoisotopic (exact) mass is 476 g/mol. The van der Waals surface area contributed by atoms with Gasteiger partial charge in [-0.05, 0) is 30.3 Å². The maximum Gasteiger partial charge on any atom is 0.389 e. The third-order valence-electron chi connectivity index (χ3n) is 5.07. The number of hydrogen-bond donors (Lipinski definition) is 4. The highest BCUT2D eigenvalue weighted by atomic mass is 31.2. The molecule has 0 aliphatic heterocycles. The minimum absolute atomic E-state index is 0.0240. The second-order valence-electron chi connectivity index (χ2n) is 6.59. The Morgan fingerprint density at radius 1 is 0.677 bits per heavy atom. The second-order valence-corrected chi connectivity index (χ2v) is 9.95. The summed E-state index contributed by atoms with van der Waals surface area (Å²) in [7, 11) is -5.36. The molecule has 0 unspecified atom stereocenters. The van der Waals surface area contributed by atoms with Gasteiger partial charge in [-0.1, -0.05) is 6.07 Å². The van der Waals surface area contributed by atoms with Gasteiger partial charge in [0, 0.05) is 50.3 Å². The number of hydrogen-bond acceptors (Lipinski definition) is 7. The Labute approximate surface area is 176 Å². The summed E-state index contributed by atoms with van der Waals surface area (Å²) in [5.74, 6) is 0. The number of ether oxygens (including phenoxy) is 4. The zero-order valence-electron chi connectivity index (χ0n) is 17.0. The average molecular weight is 476 g/mol. The third kappa shape index (κ3) is 3.57. The highest BCUT2D eigenvalue weighted by molar-refractivity contribution is 7.53. The van der Waals surface area contributed by atoms with Crippen LogP contribution < -0.4 is 0 Å². The molecule has 0 saturated carbocycles. The molecule has 0 aliphatic rings. The van der Waals surface area contributed by atoms with Gasteiger partial charge in [0.05, 0.1) is 0 Å². The fraction of sp³-hybridized carbons (Fsp3) is 0.333. The van der Waals surface area contributed by atoms with Crippen LogP contribution in [0, 0.1) is 0 Å². The van der Waals surface area contributed by atoms with Gasteiger partial charge in [-0.15, -0.1) is 0 Å². The topological polar surface area (TPSA) is 165 Å². The Bertz CT molecular complexity index is 1200. The molecule has 0 spiro atoms. The summed E-state index contributed by atoms with van der Waals surface area (Å²) in [4.78, 5) is 39.2. The second kappa shape index (κ2) is 8.06. The zero-order valence-corrected chi connectivity index (χ0v) is 18.8. The zero-order chi connectivity index (χ0) is 23.2. The minimum atomic E-state index is -4.90. The van der Waals surface area contributed by atoms with E-state index in [0.717, 1.165) is 28.4 Å². The Morgan fingerprint density at radius 2 is 1.13 bits per heavy atom. The lowest BCUT2D eigenvalue weighted by molar-refractivity contribution is -0.162. The summed E-state index contributed by atoms with van der Waals surface area (Å²) < 4.78 is 50.1. The Kier molecular flexibility index (Phi) is 6.25. The number of methoxy groups -OCH3 is 4. The first-order valence-corrected chi connectivity index (χ1v) is 11.9. The molecule has 11 nitrogen and oxygen atoms in total. The van der Waals surface area contributed by atoms with Crippen molar-refractivity contribution in [2.24, 2.45) is 0 Å².